The van der Waals surface area contributed by atoms with Crippen molar-refractivity contribution < 1.29 is 35.9 Å². The number of hydrogen-bond acceptors (Lipinski definition) is 4. The molecule has 192 valence electrons. The Labute approximate surface area is 202 Å². The van der Waals surface area contributed by atoms with Crippen LogP contribution in [0, 0.1) is 5.82 Å². The molecule has 2 aromatic rings. The SMILES string of the molecule is CCC(CN(C)c1ccc(C(F)(F)F)c(F)c1)N(CC)S(=O)(=O)c1ccc2c(c1)C(C(=O)O)CC2. The van der Waals surface area contributed by atoms with Gasteiger partial charge in [0, 0.05) is 31.9 Å². The molecule has 2 atom stereocenters. The van der Waals surface area contributed by atoms with Gasteiger partial charge in [-0.1, -0.05) is 19.9 Å². The fourth-order valence-electron chi connectivity index (χ4n) is 4.57. The van der Waals surface area contributed by atoms with Crippen molar-refractivity contribution in [3.8, 4) is 0 Å². The molecule has 0 aromatic heterocycles. The van der Waals surface area contributed by atoms with E-state index in [2.05, 4.69) is 0 Å². The Hall–Kier alpha value is -2.66. The number of likely N-dealkylation sites (N-methyl/N-ethyl adjacent to an activating group) is 2. The molecule has 35 heavy (non-hydrogen) atoms. The predicted octanol–water partition coefficient (Wildman–Crippen LogP) is 4.88. The summed E-state index contributed by atoms with van der Waals surface area (Å²) in [7, 11) is -2.45. The molecular formula is C24H28F4N2O4S. The van der Waals surface area contributed by atoms with Crippen LogP contribution in [0.15, 0.2) is 41.3 Å². The smallest absolute Gasteiger partial charge is 0.419 e. The first-order valence-electron chi connectivity index (χ1n) is 11.3. The van der Waals surface area contributed by atoms with E-state index in [1.807, 2.05) is 0 Å². The number of alkyl halides is 3. The molecule has 0 aliphatic heterocycles. The van der Waals surface area contributed by atoms with Crippen LogP contribution in [0.1, 0.15) is 49.3 Å². The predicted molar refractivity (Wildman–Crippen MR) is 123 cm³/mol. The Morgan fingerprint density at radius 1 is 1.17 bits per heavy atom. The molecule has 0 bridgehead atoms. The minimum Gasteiger partial charge on any atom is -0.481 e. The summed E-state index contributed by atoms with van der Waals surface area (Å²) in [6.07, 6.45) is -3.44. The van der Waals surface area contributed by atoms with Crippen molar-refractivity contribution in [1.29, 1.82) is 0 Å². The van der Waals surface area contributed by atoms with Crippen molar-refractivity contribution in [2.45, 2.75) is 56.1 Å². The molecular weight excluding hydrogens is 488 g/mol. The molecule has 2 aromatic carbocycles. The fraction of sp³-hybridized carbons (Fsp3) is 0.458. The third-order valence-corrected chi connectivity index (χ3v) is 8.50. The largest absolute Gasteiger partial charge is 0.481 e. The number of aryl methyl sites for hydroxylation is 1. The number of carboxylic acid groups (broad SMARTS) is 1. The van der Waals surface area contributed by atoms with E-state index in [0.29, 0.717) is 30.9 Å². The van der Waals surface area contributed by atoms with Gasteiger partial charge in [0.15, 0.2) is 0 Å². The number of sulfonamides is 1. The van der Waals surface area contributed by atoms with E-state index < -0.39 is 45.5 Å². The Kier molecular flexibility index (Phi) is 7.80. The minimum atomic E-state index is -4.81. The van der Waals surface area contributed by atoms with Crippen molar-refractivity contribution in [2.75, 3.05) is 25.0 Å². The van der Waals surface area contributed by atoms with E-state index in [1.165, 1.54) is 21.3 Å². The van der Waals surface area contributed by atoms with E-state index in [-0.39, 0.29) is 23.7 Å². The summed E-state index contributed by atoms with van der Waals surface area (Å²) in [5, 5.41) is 9.47. The number of fused-ring (bicyclic) bond motifs is 1. The Morgan fingerprint density at radius 2 is 1.86 bits per heavy atom. The van der Waals surface area contributed by atoms with Crippen LogP contribution in [0.4, 0.5) is 23.2 Å². The number of carboxylic acids is 1. The summed E-state index contributed by atoms with van der Waals surface area (Å²) in [4.78, 5) is 13.1. The van der Waals surface area contributed by atoms with Gasteiger partial charge in [0.05, 0.1) is 16.4 Å². The quantitative estimate of drug-likeness (QED) is 0.481. The maximum Gasteiger partial charge on any atom is 0.419 e. The second-order valence-electron chi connectivity index (χ2n) is 8.60. The van der Waals surface area contributed by atoms with Crippen molar-refractivity contribution in [1.82, 2.24) is 4.31 Å². The number of aliphatic carboxylic acids is 1. The highest BCUT2D eigenvalue weighted by Gasteiger charge is 2.35. The molecule has 1 aliphatic carbocycles. The average Bonchev–Trinajstić information content (AvgIpc) is 3.21. The number of hydrogen-bond donors (Lipinski definition) is 1. The molecule has 0 saturated carbocycles. The van der Waals surface area contributed by atoms with Crippen LogP contribution >= 0.6 is 0 Å². The van der Waals surface area contributed by atoms with Crippen LogP contribution < -0.4 is 4.90 Å². The van der Waals surface area contributed by atoms with Gasteiger partial charge in [-0.15, -0.1) is 0 Å². The standard InChI is InChI=1S/C24H28F4N2O4S/c1-4-16(14-29(3)17-8-11-21(22(25)12-17)24(26,27)28)30(5-2)35(33,34)18-9-6-15-7-10-19(23(31)32)20(15)13-18/h6,8-9,11-13,16,19H,4-5,7,10,14H2,1-3H3,(H,31,32). The molecule has 1 aliphatic rings. The Morgan fingerprint density at radius 3 is 2.40 bits per heavy atom. The monoisotopic (exact) mass is 516 g/mol. The van der Waals surface area contributed by atoms with Gasteiger partial charge in [0.2, 0.25) is 10.0 Å². The van der Waals surface area contributed by atoms with Gasteiger partial charge >= 0.3 is 12.1 Å². The normalized spacial score (nSPS) is 16.9. The molecule has 11 heteroatoms. The Bertz CT molecular complexity index is 1200. The highest BCUT2D eigenvalue weighted by molar-refractivity contribution is 7.89. The van der Waals surface area contributed by atoms with Gasteiger partial charge in [-0.2, -0.15) is 17.5 Å². The summed E-state index contributed by atoms with van der Waals surface area (Å²) >= 11 is 0. The second kappa shape index (κ2) is 10.1. The highest BCUT2D eigenvalue weighted by Crippen LogP contribution is 2.36. The third-order valence-electron chi connectivity index (χ3n) is 6.47. The molecule has 0 fully saturated rings. The number of nitrogens with zero attached hydrogens (tertiary/aromatic N) is 2. The molecule has 2 unspecified atom stereocenters. The van der Waals surface area contributed by atoms with Crippen molar-refractivity contribution in [3.05, 3.63) is 58.9 Å². The third kappa shape index (κ3) is 5.45. The van der Waals surface area contributed by atoms with E-state index in [9.17, 15) is 35.9 Å². The lowest BCUT2D eigenvalue weighted by molar-refractivity contribution is -0.140. The van der Waals surface area contributed by atoms with Crippen LogP contribution in [0.3, 0.4) is 0 Å². The van der Waals surface area contributed by atoms with Crippen LogP contribution in [0.5, 0.6) is 0 Å². The zero-order chi connectivity index (χ0) is 26.1. The number of benzene rings is 2. The Balaban J connectivity index is 1.87. The molecule has 0 saturated heterocycles. The van der Waals surface area contributed by atoms with Crippen molar-refractivity contribution >= 4 is 21.7 Å². The molecule has 1 N–H and O–H groups in total. The van der Waals surface area contributed by atoms with Crippen LogP contribution in [0.25, 0.3) is 0 Å². The van der Waals surface area contributed by atoms with Crippen LogP contribution in [-0.2, 0) is 27.4 Å². The van der Waals surface area contributed by atoms with Crippen LogP contribution in [-0.4, -0.2) is 50.0 Å². The van der Waals surface area contributed by atoms with Gasteiger partial charge in [0.1, 0.15) is 5.82 Å². The van der Waals surface area contributed by atoms with E-state index in [4.69, 9.17) is 0 Å². The van der Waals surface area contributed by atoms with E-state index in [0.717, 1.165) is 17.7 Å². The fourth-order valence-corrected chi connectivity index (χ4v) is 6.31. The number of halogens is 4. The maximum absolute atomic E-state index is 14.1. The zero-order valence-corrected chi connectivity index (χ0v) is 20.5. The van der Waals surface area contributed by atoms with Crippen molar-refractivity contribution in [2.24, 2.45) is 0 Å². The second-order valence-corrected chi connectivity index (χ2v) is 10.5. The topological polar surface area (TPSA) is 77.9 Å². The lowest BCUT2D eigenvalue weighted by atomic mass is 10.0. The van der Waals surface area contributed by atoms with Gasteiger partial charge in [-0.3, -0.25) is 4.79 Å². The number of anilines is 1. The zero-order valence-electron chi connectivity index (χ0n) is 19.6. The van der Waals surface area contributed by atoms with Gasteiger partial charge in [-0.05, 0) is 60.7 Å². The average molecular weight is 517 g/mol. The van der Waals surface area contributed by atoms with Crippen LogP contribution in [0.2, 0.25) is 0 Å². The van der Waals surface area contributed by atoms with E-state index >= 15 is 0 Å². The van der Waals surface area contributed by atoms with Gasteiger partial charge in [0.25, 0.3) is 0 Å². The number of carbonyl (C=O) groups is 1. The van der Waals surface area contributed by atoms with E-state index in [1.54, 1.807) is 27.0 Å². The molecule has 0 radical (unpaired) electrons. The molecule has 0 heterocycles. The summed E-state index contributed by atoms with van der Waals surface area (Å²) in [5.74, 6) is -3.15. The van der Waals surface area contributed by atoms with Crippen molar-refractivity contribution in [3.63, 3.8) is 0 Å². The number of rotatable bonds is 9. The maximum atomic E-state index is 14.1. The summed E-state index contributed by atoms with van der Waals surface area (Å²) in [6.45, 7) is 3.69. The highest BCUT2D eigenvalue weighted by atomic mass is 32.2. The lowest BCUT2D eigenvalue weighted by Gasteiger charge is -2.33. The molecule has 0 amide bonds. The first-order chi connectivity index (χ1) is 16.3. The summed E-state index contributed by atoms with van der Waals surface area (Å²) in [5.41, 5.74) is 0.135. The first kappa shape index (κ1) is 26.9. The molecule has 0 spiro atoms. The van der Waals surface area contributed by atoms with Gasteiger partial charge in [-0.25, -0.2) is 12.8 Å². The lowest BCUT2D eigenvalue weighted by Crippen LogP contribution is -2.46. The summed E-state index contributed by atoms with van der Waals surface area (Å²) < 4.78 is 81.1. The minimum absolute atomic E-state index is 0.00655. The molecule has 3 rings (SSSR count). The first-order valence-corrected chi connectivity index (χ1v) is 12.7. The summed E-state index contributed by atoms with van der Waals surface area (Å²) in [6, 6.07) is 6.59. The molecule has 6 nitrogen and oxygen atoms in total. The van der Waals surface area contributed by atoms with Gasteiger partial charge < -0.3 is 10.0 Å².